The summed E-state index contributed by atoms with van der Waals surface area (Å²) in [6.07, 6.45) is 0.599. The van der Waals surface area contributed by atoms with Crippen molar-refractivity contribution in [3.63, 3.8) is 0 Å². The Labute approximate surface area is 89.5 Å². The number of hydrogen-bond acceptors (Lipinski definition) is 2. The van der Waals surface area contributed by atoms with Gasteiger partial charge in [0.25, 0.3) is 0 Å². The molecule has 0 amide bonds. The van der Waals surface area contributed by atoms with Gasteiger partial charge < -0.3 is 9.84 Å². The number of benzene rings is 1. The molecule has 0 aromatic heterocycles. The molecule has 1 rings (SSSR count). The zero-order valence-electron chi connectivity index (χ0n) is 8.72. The number of aryl methyl sites for hydroxylation is 1. The minimum atomic E-state index is 0.122. The van der Waals surface area contributed by atoms with Crippen molar-refractivity contribution in [2.45, 2.75) is 20.3 Å². The second kappa shape index (κ2) is 4.67. The standard InChI is InChI=1S/C11H15ClO2/c1-7-6-9(4-5-13)11(14-3)8(2)10(7)12/h6,13H,4-5H2,1-3H3. The number of methoxy groups -OCH3 is 1. The molecule has 0 unspecified atom stereocenters. The summed E-state index contributed by atoms with van der Waals surface area (Å²) in [5.74, 6) is 0.787. The summed E-state index contributed by atoms with van der Waals surface area (Å²) < 4.78 is 5.27. The summed E-state index contributed by atoms with van der Waals surface area (Å²) >= 11 is 6.09. The van der Waals surface area contributed by atoms with Gasteiger partial charge in [-0.3, -0.25) is 0 Å². The van der Waals surface area contributed by atoms with Gasteiger partial charge in [-0.05, 0) is 31.4 Å². The van der Waals surface area contributed by atoms with Gasteiger partial charge in [0.1, 0.15) is 5.75 Å². The second-order valence-electron chi connectivity index (χ2n) is 3.30. The van der Waals surface area contributed by atoms with Gasteiger partial charge in [0.05, 0.1) is 12.1 Å². The summed E-state index contributed by atoms with van der Waals surface area (Å²) in [4.78, 5) is 0. The van der Waals surface area contributed by atoms with Crippen LogP contribution in [0.3, 0.4) is 0 Å². The van der Waals surface area contributed by atoms with Crippen molar-refractivity contribution in [1.82, 2.24) is 0 Å². The normalized spacial score (nSPS) is 10.4. The maximum absolute atomic E-state index is 8.90. The predicted molar refractivity (Wildman–Crippen MR) is 58.3 cm³/mol. The Morgan fingerprint density at radius 3 is 2.57 bits per heavy atom. The van der Waals surface area contributed by atoms with Crippen LogP contribution in [0.2, 0.25) is 5.02 Å². The van der Waals surface area contributed by atoms with Crippen LogP contribution in [0.1, 0.15) is 16.7 Å². The number of aliphatic hydroxyl groups is 1. The Bertz CT molecular complexity index is 335. The Morgan fingerprint density at radius 1 is 1.43 bits per heavy atom. The zero-order valence-corrected chi connectivity index (χ0v) is 9.48. The van der Waals surface area contributed by atoms with Gasteiger partial charge in [-0.2, -0.15) is 0 Å². The molecule has 0 saturated carbocycles. The van der Waals surface area contributed by atoms with Gasteiger partial charge in [-0.1, -0.05) is 17.7 Å². The molecule has 1 aromatic carbocycles. The van der Waals surface area contributed by atoms with Crippen LogP contribution < -0.4 is 4.74 Å². The van der Waals surface area contributed by atoms with Gasteiger partial charge in [0.15, 0.2) is 0 Å². The van der Waals surface area contributed by atoms with E-state index in [0.717, 1.165) is 27.5 Å². The highest BCUT2D eigenvalue weighted by Crippen LogP contribution is 2.32. The molecule has 0 aliphatic rings. The Balaban J connectivity index is 3.28. The van der Waals surface area contributed by atoms with Crippen molar-refractivity contribution in [3.8, 4) is 5.75 Å². The first-order chi connectivity index (χ1) is 6.61. The Morgan fingerprint density at radius 2 is 2.07 bits per heavy atom. The van der Waals surface area contributed by atoms with Crippen LogP contribution in [-0.4, -0.2) is 18.8 Å². The summed E-state index contributed by atoms with van der Waals surface area (Å²) in [6, 6.07) is 1.96. The van der Waals surface area contributed by atoms with Crippen LogP contribution >= 0.6 is 11.6 Å². The third-order valence-corrected chi connectivity index (χ3v) is 2.87. The molecule has 0 aliphatic carbocycles. The van der Waals surface area contributed by atoms with Crippen molar-refractivity contribution in [3.05, 3.63) is 27.8 Å². The van der Waals surface area contributed by atoms with E-state index < -0.39 is 0 Å². The van der Waals surface area contributed by atoms with Crippen LogP contribution in [0.15, 0.2) is 6.07 Å². The molecule has 0 fully saturated rings. The fourth-order valence-electron chi connectivity index (χ4n) is 1.62. The smallest absolute Gasteiger partial charge is 0.126 e. The minimum absolute atomic E-state index is 0.122. The van der Waals surface area contributed by atoms with Gasteiger partial charge in [-0.25, -0.2) is 0 Å². The van der Waals surface area contributed by atoms with Crippen LogP contribution in [0.5, 0.6) is 5.75 Å². The highest BCUT2D eigenvalue weighted by atomic mass is 35.5. The monoisotopic (exact) mass is 214 g/mol. The fourth-order valence-corrected chi connectivity index (χ4v) is 1.76. The average Bonchev–Trinajstić information content (AvgIpc) is 2.16. The lowest BCUT2D eigenvalue weighted by atomic mass is 10.0. The number of aliphatic hydroxyl groups excluding tert-OH is 1. The van der Waals surface area contributed by atoms with E-state index in [1.807, 2.05) is 19.9 Å². The molecular weight excluding hydrogens is 200 g/mol. The van der Waals surface area contributed by atoms with Gasteiger partial charge in [0, 0.05) is 12.2 Å². The molecule has 0 aliphatic heterocycles. The molecule has 2 nitrogen and oxygen atoms in total. The Hall–Kier alpha value is -0.730. The van der Waals surface area contributed by atoms with E-state index in [1.165, 1.54) is 0 Å². The molecular formula is C11H15ClO2. The van der Waals surface area contributed by atoms with Gasteiger partial charge in [-0.15, -0.1) is 0 Å². The van der Waals surface area contributed by atoms with Crippen LogP contribution in [0.25, 0.3) is 0 Å². The molecule has 1 aromatic rings. The molecule has 0 saturated heterocycles. The lowest BCUT2D eigenvalue weighted by Crippen LogP contribution is -1.99. The topological polar surface area (TPSA) is 29.5 Å². The van der Waals surface area contributed by atoms with E-state index in [-0.39, 0.29) is 6.61 Å². The Kier molecular flexibility index (Phi) is 3.78. The van der Waals surface area contributed by atoms with E-state index in [2.05, 4.69) is 0 Å². The first kappa shape index (κ1) is 11.3. The lowest BCUT2D eigenvalue weighted by Gasteiger charge is -2.14. The highest BCUT2D eigenvalue weighted by Gasteiger charge is 2.11. The quantitative estimate of drug-likeness (QED) is 0.838. The van der Waals surface area contributed by atoms with Crippen molar-refractivity contribution in [1.29, 1.82) is 0 Å². The maximum Gasteiger partial charge on any atom is 0.126 e. The summed E-state index contributed by atoms with van der Waals surface area (Å²) in [5, 5.41) is 9.64. The van der Waals surface area contributed by atoms with E-state index in [1.54, 1.807) is 7.11 Å². The fraction of sp³-hybridized carbons (Fsp3) is 0.455. The van der Waals surface area contributed by atoms with E-state index in [9.17, 15) is 0 Å². The molecule has 78 valence electrons. The molecule has 0 atom stereocenters. The third-order valence-electron chi connectivity index (χ3n) is 2.28. The first-order valence-electron chi connectivity index (χ1n) is 4.55. The highest BCUT2D eigenvalue weighted by molar-refractivity contribution is 6.32. The minimum Gasteiger partial charge on any atom is -0.496 e. The first-order valence-corrected chi connectivity index (χ1v) is 4.93. The number of rotatable bonds is 3. The number of ether oxygens (including phenoxy) is 1. The predicted octanol–water partition coefficient (Wildman–Crippen LogP) is 2.50. The molecule has 3 heteroatoms. The van der Waals surface area contributed by atoms with Crippen LogP contribution in [0.4, 0.5) is 0 Å². The molecule has 1 N–H and O–H groups in total. The largest absolute Gasteiger partial charge is 0.496 e. The molecule has 0 bridgehead atoms. The summed E-state index contributed by atoms with van der Waals surface area (Å²) in [7, 11) is 1.62. The molecule has 0 spiro atoms. The van der Waals surface area contributed by atoms with Gasteiger partial charge in [0.2, 0.25) is 0 Å². The average molecular weight is 215 g/mol. The molecule has 14 heavy (non-hydrogen) atoms. The summed E-state index contributed by atoms with van der Waals surface area (Å²) in [5.41, 5.74) is 2.97. The lowest BCUT2D eigenvalue weighted by molar-refractivity contribution is 0.296. The van der Waals surface area contributed by atoms with Gasteiger partial charge >= 0.3 is 0 Å². The number of halogens is 1. The zero-order chi connectivity index (χ0) is 10.7. The molecule has 0 radical (unpaired) electrons. The van der Waals surface area contributed by atoms with Crippen molar-refractivity contribution >= 4 is 11.6 Å². The van der Waals surface area contributed by atoms with E-state index >= 15 is 0 Å². The maximum atomic E-state index is 8.90. The van der Waals surface area contributed by atoms with Crippen LogP contribution in [-0.2, 0) is 6.42 Å². The second-order valence-corrected chi connectivity index (χ2v) is 3.68. The van der Waals surface area contributed by atoms with E-state index in [4.69, 9.17) is 21.4 Å². The van der Waals surface area contributed by atoms with Crippen molar-refractivity contribution in [2.24, 2.45) is 0 Å². The molecule has 0 heterocycles. The van der Waals surface area contributed by atoms with Crippen LogP contribution in [0, 0.1) is 13.8 Å². The van der Waals surface area contributed by atoms with Crippen molar-refractivity contribution < 1.29 is 9.84 Å². The number of hydrogen-bond donors (Lipinski definition) is 1. The van der Waals surface area contributed by atoms with Crippen molar-refractivity contribution in [2.75, 3.05) is 13.7 Å². The third kappa shape index (κ3) is 2.02. The summed E-state index contributed by atoms with van der Waals surface area (Å²) in [6.45, 7) is 4.00. The van der Waals surface area contributed by atoms with E-state index in [0.29, 0.717) is 6.42 Å². The SMILES string of the molecule is COc1c(CCO)cc(C)c(Cl)c1C.